The van der Waals surface area contributed by atoms with Gasteiger partial charge in [0.1, 0.15) is 6.26 Å². The first-order valence-electron chi connectivity index (χ1n) is 6.18. The van der Waals surface area contributed by atoms with Crippen LogP contribution in [-0.4, -0.2) is 24.6 Å². The van der Waals surface area contributed by atoms with Gasteiger partial charge in [0.15, 0.2) is 0 Å². The molecule has 1 N–H and O–H groups in total. The summed E-state index contributed by atoms with van der Waals surface area (Å²) in [5.41, 5.74) is 1.00. The summed E-state index contributed by atoms with van der Waals surface area (Å²) in [6.07, 6.45) is 6.74. The lowest BCUT2D eigenvalue weighted by molar-refractivity contribution is 0.539. The summed E-state index contributed by atoms with van der Waals surface area (Å²) in [5.74, 6) is 0. The average Bonchev–Trinajstić information content (AvgIpc) is 3.00. The normalized spacial score (nSPS) is 15.4. The van der Waals surface area contributed by atoms with Gasteiger partial charge in [-0.15, -0.1) is 0 Å². The lowest BCUT2D eigenvalue weighted by Crippen LogP contribution is -2.19. The summed E-state index contributed by atoms with van der Waals surface area (Å²) in [7, 11) is 2.03. The van der Waals surface area contributed by atoms with Crippen molar-refractivity contribution in [2.75, 3.05) is 18.5 Å². The van der Waals surface area contributed by atoms with Crippen LogP contribution in [0.3, 0.4) is 0 Å². The SMILES string of the molecule is CCCCN(C)c1nc(CNC2CC2)co1. The standard InChI is InChI=1S/C12H21N3O/c1-3-4-7-15(2)12-14-11(9-16-12)8-13-10-5-6-10/h9-10,13H,3-8H2,1-2H3. The number of hydrogen-bond donors (Lipinski definition) is 1. The summed E-state index contributed by atoms with van der Waals surface area (Å²) in [5, 5.41) is 3.43. The monoisotopic (exact) mass is 223 g/mol. The van der Waals surface area contributed by atoms with Crippen LogP contribution in [0.25, 0.3) is 0 Å². The molecule has 1 saturated carbocycles. The van der Waals surface area contributed by atoms with Crippen LogP contribution in [0.5, 0.6) is 0 Å². The van der Waals surface area contributed by atoms with Crippen molar-refractivity contribution in [2.24, 2.45) is 0 Å². The summed E-state index contributed by atoms with van der Waals surface area (Å²) in [6, 6.07) is 1.46. The van der Waals surface area contributed by atoms with Crippen molar-refractivity contribution >= 4 is 6.01 Å². The van der Waals surface area contributed by atoms with Gasteiger partial charge in [0, 0.05) is 26.2 Å². The predicted molar refractivity (Wildman–Crippen MR) is 64.5 cm³/mol. The molecule has 0 aliphatic heterocycles. The van der Waals surface area contributed by atoms with Crippen LogP contribution in [0.4, 0.5) is 6.01 Å². The third-order valence-corrected chi connectivity index (χ3v) is 2.86. The zero-order valence-corrected chi connectivity index (χ0v) is 10.2. The van der Waals surface area contributed by atoms with Crippen molar-refractivity contribution in [1.29, 1.82) is 0 Å². The maximum absolute atomic E-state index is 5.45. The Labute approximate surface area is 97.0 Å². The minimum Gasteiger partial charge on any atom is -0.432 e. The molecule has 1 aromatic heterocycles. The highest BCUT2D eigenvalue weighted by molar-refractivity contribution is 5.24. The second-order valence-electron chi connectivity index (χ2n) is 4.55. The maximum atomic E-state index is 5.45. The van der Waals surface area contributed by atoms with Crippen molar-refractivity contribution in [1.82, 2.24) is 10.3 Å². The van der Waals surface area contributed by atoms with E-state index >= 15 is 0 Å². The van der Waals surface area contributed by atoms with Gasteiger partial charge in [0.2, 0.25) is 0 Å². The van der Waals surface area contributed by atoms with E-state index in [4.69, 9.17) is 4.42 Å². The van der Waals surface area contributed by atoms with Gasteiger partial charge in [-0.25, -0.2) is 0 Å². The van der Waals surface area contributed by atoms with Crippen LogP contribution in [0.2, 0.25) is 0 Å². The van der Waals surface area contributed by atoms with Gasteiger partial charge in [0.25, 0.3) is 6.01 Å². The molecule has 0 aromatic carbocycles. The van der Waals surface area contributed by atoms with E-state index in [0.717, 1.165) is 30.8 Å². The number of rotatable bonds is 7. The number of oxazole rings is 1. The first kappa shape index (κ1) is 11.5. The lowest BCUT2D eigenvalue weighted by atomic mass is 10.3. The van der Waals surface area contributed by atoms with Crippen LogP contribution < -0.4 is 10.2 Å². The summed E-state index contributed by atoms with van der Waals surface area (Å²) >= 11 is 0. The van der Waals surface area contributed by atoms with Crippen molar-refractivity contribution in [2.45, 2.75) is 45.2 Å². The first-order chi connectivity index (χ1) is 7.79. The molecule has 1 aromatic rings. The molecule has 1 aliphatic carbocycles. The van der Waals surface area contributed by atoms with E-state index in [1.165, 1.54) is 25.7 Å². The summed E-state index contributed by atoms with van der Waals surface area (Å²) < 4.78 is 5.45. The fourth-order valence-corrected chi connectivity index (χ4v) is 1.58. The Hall–Kier alpha value is -1.03. The Morgan fingerprint density at radius 2 is 2.38 bits per heavy atom. The molecule has 0 spiro atoms. The van der Waals surface area contributed by atoms with Crippen LogP contribution >= 0.6 is 0 Å². The Kier molecular flexibility index (Phi) is 3.83. The van der Waals surface area contributed by atoms with E-state index in [2.05, 4.69) is 22.1 Å². The predicted octanol–water partition coefficient (Wildman–Crippen LogP) is 2.16. The van der Waals surface area contributed by atoms with Crippen molar-refractivity contribution in [3.05, 3.63) is 12.0 Å². The third-order valence-electron chi connectivity index (χ3n) is 2.86. The number of nitrogens with zero attached hydrogens (tertiary/aromatic N) is 2. The molecule has 4 heteroatoms. The Morgan fingerprint density at radius 1 is 1.56 bits per heavy atom. The zero-order chi connectivity index (χ0) is 11.4. The number of hydrogen-bond acceptors (Lipinski definition) is 4. The molecule has 0 bridgehead atoms. The van der Waals surface area contributed by atoms with Gasteiger partial charge < -0.3 is 14.6 Å². The topological polar surface area (TPSA) is 41.3 Å². The van der Waals surface area contributed by atoms with Crippen LogP contribution in [0.15, 0.2) is 10.7 Å². The number of anilines is 1. The quantitative estimate of drug-likeness (QED) is 0.769. The van der Waals surface area contributed by atoms with Gasteiger partial charge in [-0.3, -0.25) is 0 Å². The van der Waals surface area contributed by atoms with E-state index in [9.17, 15) is 0 Å². The number of unbranched alkanes of at least 4 members (excludes halogenated alkanes) is 1. The highest BCUT2D eigenvalue weighted by atomic mass is 16.4. The molecular formula is C12H21N3O. The average molecular weight is 223 g/mol. The largest absolute Gasteiger partial charge is 0.432 e. The molecule has 1 heterocycles. The smallest absolute Gasteiger partial charge is 0.297 e. The minimum absolute atomic E-state index is 0.720. The fraction of sp³-hybridized carbons (Fsp3) is 0.750. The van der Waals surface area contributed by atoms with Crippen molar-refractivity contribution in [3.63, 3.8) is 0 Å². The Balaban J connectivity index is 1.80. The van der Waals surface area contributed by atoms with E-state index in [1.54, 1.807) is 6.26 Å². The van der Waals surface area contributed by atoms with Crippen LogP contribution in [-0.2, 0) is 6.54 Å². The molecule has 0 radical (unpaired) electrons. The highest BCUT2D eigenvalue weighted by Gasteiger charge is 2.20. The molecule has 0 atom stereocenters. The molecule has 1 aliphatic rings. The first-order valence-corrected chi connectivity index (χ1v) is 6.18. The van der Waals surface area contributed by atoms with E-state index in [-0.39, 0.29) is 0 Å². The van der Waals surface area contributed by atoms with Gasteiger partial charge in [-0.2, -0.15) is 4.98 Å². The molecule has 16 heavy (non-hydrogen) atoms. The van der Waals surface area contributed by atoms with Crippen LogP contribution in [0, 0.1) is 0 Å². The van der Waals surface area contributed by atoms with Crippen molar-refractivity contribution < 1.29 is 4.42 Å². The highest BCUT2D eigenvalue weighted by Crippen LogP contribution is 2.19. The molecule has 2 rings (SSSR count). The fourth-order valence-electron chi connectivity index (χ4n) is 1.58. The van der Waals surface area contributed by atoms with E-state index < -0.39 is 0 Å². The molecular weight excluding hydrogens is 202 g/mol. The van der Waals surface area contributed by atoms with E-state index in [1.807, 2.05) is 7.05 Å². The number of aromatic nitrogens is 1. The van der Waals surface area contributed by atoms with Gasteiger partial charge >= 0.3 is 0 Å². The Bertz CT molecular complexity index is 320. The van der Waals surface area contributed by atoms with Crippen LogP contribution in [0.1, 0.15) is 38.3 Å². The maximum Gasteiger partial charge on any atom is 0.297 e. The summed E-state index contributed by atoms with van der Waals surface area (Å²) in [6.45, 7) is 4.02. The number of nitrogens with one attached hydrogen (secondary N) is 1. The molecule has 90 valence electrons. The molecule has 4 nitrogen and oxygen atoms in total. The molecule has 0 amide bonds. The van der Waals surface area contributed by atoms with Gasteiger partial charge in [-0.05, 0) is 19.3 Å². The lowest BCUT2D eigenvalue weighted by Gasteiger charge is -2.12. The molecule has 0 saturated heterocycles. The van der Waals surface area contributed by atoms with Gasteiger partial charge in [0.05, 0.1) is 5.69 Å². The summed E-state index contributed by atoms with van der Waals surface area (Å²) in [4.78, 5) is 6.53. The second kappa shape index (κ2) is 5.34. The van der Waals surface area contributed by atoms with E-state index in [0.29, 0.717) is 0 Å². The zero-order valence-electron chi connectivity index (χ0n) is 10.2. The molecule has 0 unspecified atom stereocenters. The Morgan fingerprint density at radius 3 is 3.06 bits per heavy atom. The second-order valence-corrected chi connectivity index (χ2v) is 4.55. The van der Waals surface area contributed by atoms with Crippen molar-refractivity contribution in [3.8, 4) is 0 Å². The van der Waals surface area contributed by atoms with Gasteiger partial charge in [-0.1, -0.05) is 13.3 Å². The third kappa shape index (κ3) is 3.23. The minimum atomic E-state index is 0.720. The molecule has 1 fully saturated rings.